The molecule has 0 bridgehead atoms. The van der Waals surface area contributed by atoms with E-state index < -0.39 is 0 Å². The summed E-state index contributed by atoms with van der Waals surface area (Å²) in [6.45, 7) is 1.26. The quantitative estimate of drug-likeness (QED) is 0.696. The van der Waals surface area contributed by atoms with Gasteiger partial charge >= 0.3 is 0 Å². The zero-order valence-corrected chi connectivity index (χ0v) is 16.4. The number of carbonyl (C=O) groups excluding carboxylic acids is 1. The molecule has 0 unspecified atom stereocenters. The Morgan fingerprint density at radius 1 is 1.22 bits per heavy atom. The number of hydrogen-bond donors (Lipinski definition) is 1. The number of carbonyl (C=O) groups is 1. The van der Waals surface area contributed by atoms with Crippen molar-refractivity contribution in [1.29, 1.82) is 0 Å². The normalized spacial score (nSPS) is 14.1. The van der Waals surface area contributed by atoms with E-state index in [0.717, 1.165) is 21.1 Å². The number of aromatic nitrogens is 1. The van der Waals surface area contributed by atoms with Crippen molar-refractivity contribution in [2.45, 2.75) is 0 Å². The second-order valence-electron chi connectivity index (χ2n) is 6.27. The largest absolute Gasteiger partial charge is 0.497 e. The fourth-order valence-corrected chi connectivity index (χ4v) is 4.15. The number of nitrogens with one attached hydrogen (secondary N) is 1. The molecule has 1 aliphatic heterocycles. The third-order valence-corrected chi connectivity index (χ3v) is 5.84. The number of ether oxygens (including phenoxy) is 2. The Morgan fingerprint density at radius 2 is 2.04 bits per heavy atom. The van der Waals surface area contributed by atoms with E-state index >= 15 is 0 Å². The first kappa shape index (κ1) is 17.9. The van der Waals surface area contributed by atoms with E-state index in [1.165, 1.54) is 0 Å². The first-order valence-electron chi connectivity index (χ1n) is 8.41. The average Bonchev–Trinajstić information content (AvgIpc) is 3.03. The highest BCUT2D eigenvalue weighted by Crippen LogP contribution is 2.35. The summed E-state index contributed by atoms with van der Waals surface area (Å²) in [6.07, 6.45) is 0. The van der Waals surface area contributed by atoms with Gasteiger partial charge in [-0.2, -0.15) is 0 Å². The summed E-state index contributed by atoms with van der Waals surface area (Å²) in [5.74, 6) is 1.25. The van der Waals surface area contributed by atoms with Gasteiger partial charge in [0.05, 0.1) is 36.0 Å². The van der Waals surface area contributed by atoms with E-state index in [4.69, 9.17) is 21.1 Å². The van der Waals surface area contributed by atoms with E-state index in [-0.39, 0.29) is 11.8 Å². The van der Waals surface area contributed by atoms with Crippen LogP contribution in [0.25, 0.3) is 10.2 Å². The van der Waals surface area contributed by atoms with E-state index in [2.05, 4.69) is 15.2 Å². The van der Waals surface area contributed by atoms with Gasteiger partial charge in [0.1, 0.15) is 11.5 Å². The summed E-state index contributed by atoms with van der Waals surface area (Å²) in [7, 11) is 3.21. The number of fused-ring (bicyclic) bond motifs is 1. The Labute approximate surface area is 165 Å². The summed E-state index contributed by atoms with van der Waals surface area (Å²) in [5.41, 5.74) is 1.52. The van der Waals surface area contributed by atoms with Gasteiger partial charge in [0.2, 0.25) is 5.91 Å². The molecule has 1 aliphatic rings. The molecule has 2 aromatic carbocycles. The zero-order chi connectivity index (χ0) is 19.0. The fourth-order valence-electron chi connectivity index (χ4n) is 2.97. The second-order valence-corrected chi connectivity index (χ2v) is 7.71. The molecule has 6 nitrogen and oxygen atoms in total. The molecule has 140 valence electrons. The molecule has 0 saturated carbocycles. The predicted octanol–water partition coefficient (Wildman–Crippen LogP) is 4.04. The molecule has 8 heteroatoms. The number of methoxy groups -OCH3 is 2. The van der Waals surface area contributed by atoms with E-state index in [1.807, 2.05) is 18.2 Å². The fraction of sp³-hybridized carbons (Fsp3) is 0.263. The van der Waals surface area contributed by atoms with Crippen molar-refractivity contribution in [3.8, 4) is 11.5 Å². The Bertz CT molecular complexity index is 1000. The maximum atomic E-state index is 12.5. The highest BCUT2D eigenvalue weighted by molar-refractivity contribution is 7.22. The molecule has 2 heterocycles. The Kier molecular flexibility index (Phi) is 4.80. The van der Waals surface area contributed by atoms with Crippen molar-refractivity contribution in [3.63, 3.8) is 0 Å². The van der Waals surface area contributed by atoms with E-state index in [0.29, 0.717) is 29.5 Å². The van der Waals surface area contributed by atoms with Crippen molar-refractivity contribution in [3.05, 3.63) is 41.4 Å². The molecule has 0 atom stereocenters. The summed E-state index contributed by atoms with van der Waals surface area (Å²) in [6, 6.07) is 11.0. The highest BCUT2D eigenvalue weighted by Gasteiger charge is 2.34. The van der Waals surface area contributed by atoms with Crippen molar-refractivity contribution in [2.24, 2.45) is 5.92 Å². The summed E-state index contributed by atoms with van der Waals surface area (Å²) >= 11 is 7.62. The lowest BCUT2D eigenvalue weighted by Crippen LogP contribution is -2.52. The lowest BCUT2D eigenvalue weighted by atomic mass is 10.00. The van der Waals surface area contributed by atoms with Crippen LogP contribution in [0, 0.1) is 5.92 Å². The first-order valence-corrected chi connectivity index (χ1v) is 9.61. The molecular weight excluding hydrogens is 386 g/mol. The van der Waals surface area contributed by atoms with Crippen molar-refractivity contribution in [1.82, 2.24) is 4.98 Å². The number of amides is 1. The van der Waals surface area contributed by atoms with Crippen LogP contribution in [-0.4, -0.2) is 38.2 Å². The molecule has 1 fully saturated rings. The number of rotatable bonds is 5. The van der Waals surface area contributed by atoms with Gasteiger partial charge in [0.15, 0.2) is 5.13 Å². The predicted molar refractivity (Wildman–Crippen MR) is 109 cm³/mol. The van der Waals surface area contributed by atoms with Gasteiger partial charge in [0, 0.05) is 18.1 Å². The lowest BCUT2D eigenvalue weighted by Gasteiger charge is -2.38. The van der Waals surface area contributed by atoms with Gasteiger partial charge < -0.3 is 19.7 Å². The molecule has 1 saturated heterocycles. The van der Waals surface area contributed by atoms with Gasteiger partial charge in [-0.05, 0) is 36.4 Å². The van der Waals surface area contributed by atoms with Gasteiger partial charge in [-0.1, -0.05) is 22.9 Å². The van der Waals surface area contributed by atoms with Gasteiger partial charge in [-0.25, -0.2) is 4.98 Å². The lowest BCUT2D eigenvalue weighted by molar-refractivity contribution is -0.120. The molecule has 4 rings (SSSR count). The van der Waals surface area contributed by atoms with E-state index in [1.54, 1.807) is 43.8 Å². The maximum absolute atomic E-state index is 12.5. The summed E-state index contributed by atoms with van der Waals surface area (Å²) in [4.78, 5) is 19.3. The second kappa shape index (κ2) is 7.25. The monoisotopic (exact) mass is 403 g/mol. The molecule has 1 N–H and O–H groups in total. The van der Waals surface area contributed by atoms with Crippen LogP contribution in [0.15, 0.2) is 36.4 Å². The number of nitrogens with zero attached hydrogens (tertiary/aromatic N) is 2. The smallest absolute Gasteiger partial charge is 0.231 e. The molecule has 3 aromatic rings. The van der Waals surface area contributed by atoms with Crippen molar-refractivity contribution >= 4 is 49.9 Å². The number of anilines is 2. The van der Waals surface area contributed by atoms with Crippen LogP contribution in [0.5, 0.6) is 11.5 Å². The Morgan fingerprint density at radius 3 is 2.78 bits per heavy atom. The molecule has 1 aromatic heterocycles. The zero-order valence-electron chi connectivity index (χ0n) is 14.9. The van der Waals surface area contributed by atoms with Crippen LogP contribution in [0.1, 0.15) is 0 Å². The standard InChI is InChI=1S/C19H18ClN3O3S/c1-25-13-4-5-14-17(8-13)27-19(22-14)23-9-11(10-23)18(24)21-15-7-12(20)3-6-16(15)26-2/h3-8,11H,9-10H2,1-2H3,(H,21,24). The van der Waals surface area contributed by atoms with Crippen molar-refractivity contribution in [2.75, 3.05) is 37.5 Å². The van der Waals surface area contributed by atoms with Crippen LogP contribution in [0.2, 0.25) is 5.02 Å². The molecule has 0 spiro atoms. The van der Waals surface area contributed by atoms with Crippen molar-refractivity contribution < 1.29 is 14.3 Å². The molecule has 0 radical (unpaired) electrons. The van der Waals surface area contributed by atoms with Gasteiger partial charge in [0.25, 0.3) is 0 Å². The van der Waals surface area contributed by atoms with Crippen LogP contribution in [0.3, 0.4) is 0 Å². The SMILES string of the molecule is COc1ccc2nc(N3CC(C(=O)Nc4cc(Cl)ccc4OC)C3)sc2c1. The van der Waals surface area contributed by atoms with Crippen LogP contribution in [-0.2, 0) is 4.79 Å². The first-order chi connectivity index (χ1) is 13.1. The van der Waals surface area contributed by atoms with Crippen LogP contribution < -0.4 is 19.7 Å². The third-order valence-electron chi connectivity index (χ3n) is 4.53. The summed E-state index contributed by atoms with van der Waals surface area (Å²) in [5, 5.41) is 4.38. The molecule has 1 amide bonds. The number of hydrogen-bond acceptors (Lipinski definition) is 6. The summed E-state index contributed by atoms with van der Waals surface area (Å²) < 4.78 is 11.6. The van der Waals surface area contributed by atoms with E-state index in [9.17, 15) is 4.79 Å². The highest BCUT2D eigenvalue weighted by atomic mass is 35.5. The number of thiazole rings is 1. The molecule has 27 heavy (non-hydrogen) atoms. The van der Waals surface area contributed by atoms with Crippen LogP contribution >= 0.6 is 22.9 Å². The number of halogens is 1. The Balaban J connectivity index is 1.42. The van der Waals surface area contributed by atoms with Crippen LogP contribution in [0.4, 0.5) is 10.8 Å². The molecular formula is C19H18ClN3O3S. The van der Waals surface area contributed by atoms with Gasteiger partial charge in [-0.15, -0.1) is 0 Å². The molecule has 0 aliphatic carbocycles. The third kappa shape index (κ3) is 3.52. The Hall–Kier alpha value is -2.51. The van der Waals surface area contributed by atoms with Gasteiger partial charge in [-0.3, -0.25) is 4.79 Å². The average molecular weight is 404 g/mol. The number of benzene rings is 2. The minimum absolute atomic E-state index is 0.0467. The minimum atomic E-state index is -0.102. The topological polar surface area (TPSA) is 63.7 Å². The minimum Gasteiger partial charge on any atom is -0.497 e. The maximum Gasteiger partial charge on any atom is 0.231 e.